The van der Waals surface area contributed by atoms with Gasteiger partial charge >= 0.3 is 17.9 Å². The summed E-state index contributed by atoms with van der Waals surface area (Å²) >= 11 is 0. The van der Waals surface area contributed by atoms with Crippen molar-refractivity contribution < 1.29 is 32.6 Å². The van der Waals surface area contributed by atoms with Gasteiger partial charge in [-0.05, 0) is 57.3 Å². The second-order valence-electron chi connectivity index (χ2n) is 9.11. The molecule has 0 radical (unpaired) electrons. The summed E-state index contributed by atoms with van der Waals surface area (Å²) in [6.07, 6.45) is 5.14. The van der Waals surface area contributed by atoms with E-state index in [0.29, 0.717) is 36.5 Å². The van der Waals surface area contributed by atoms with Crippen molar-refractivity contribution in [1.82, 2.24) is 0 Å². The zero-order valence-corrected chi connectivity index (χ0v) is 16.5. The summed E-state index contributed by atoms with van der Waals surface area (Å²) in [6, 6.07) is 0. The van der Waals surface area contributed by atoms with Crippen LogP contribution in [0.25, 0.3) is 0 Å². The van der Waals surface area contributed by atoms with Gasteiger partial charge in [-0.1, -0.05) is 13.2 Å². The monoisotopic (exact) mass is 398 g/mol. The first kappa shape index (κ1) is 20.8. The van der Waals surface area contributed by atoms with Gasteiger partial charge in [0.25, 0.3) is 0 Å². The van der Waals surface area contributed by atoms with E-state index in [0.717, 1.165) is 32.1 Å². The van der Waals surface area contributed by atoms with Gasteiger partial charge in [0.2, 0.25) is 0 Å². The van der Waals surface area contributed by atoms with Crippen LogP contribution in [-0.4, -0.2) is 36.7 Å². The Morgan fingerprint density at radius 1 is 1.11 bits per heavy atom. The summed E-state index contributed by atoms with van der Waals surface area (Å²) < 4.78 is 42.6. The van der Waals surface area contributed by atoms with Crippen molar-refractivity contribution in [3.05, 3.63) is 24.5 Å². The molecule has 0 aliphatic heterocycles. The lowest BCUT2D eigenvalue weighted by atomic mass is 9.48. The molecule has 0 heterocycles. The lowest BCUT2D eigenvalue weighted by Crippen LogP contribution is -2.58. The Bertz CT molecular complexity index is 679. The first-order valence-corrected chi connectivity index (χ1v) is 9.67. The Labute approximate surface area is 164 Å². The normalized spacial score (nSPS) is 33.3. The van der Waals surface area contributed by atoms with Crippen molar-refractivity contribution in [2.45, 2.75) is 63.9 Å². The van der Waals surface area contributed by atoms with Crippen LogP contribution in [0, 0.1) is 17.3 Å². The molecule has 0 N–H and O–H groups in total. The SMILES string of the molecule is C=C(COC(=O)C(=C)C)OC12CC3CC(CC(COC(=O)C(C)(F)F)(C3)C1)C2. The van der Waals surface area contributed by atoms with Gasteiger partial charge in [-0.2, -0.15) is 8.78 Å². The number of alkyl halides is 2. The zero-order valence-electron chi connectivity index (χ0n) is 16.5. The van der Waals surface area contributed by atoms with E-state index < -0.39 is 23.5 Å². The standard InChI is InChI=1S/C21H28F2O5/c1-13(2)17(24)26-10-14(3)28-21-8-15-5-16(9-21)7-20(6-15,11-21)12-27-18(25)19(4,22)23/h15-16H,1,3,5-12H2,2,4H3. The van der Waals surface area contributed by atoms with Crippen molar-refractivity contribution in [2.24, 2.45) is 17.3 Å². The molecule has 4 bridgehead atoms. The first-order valence-electron chi connectivity index (χ1n) is 9.67. The number of carbonyl (C=O) groups excluding carboxylic acids is 2. The summed E-state index contributed by atoms with van der Waals surface area (Å²) in [5, 5.41) is 0. The number of hydrogen-bond donors (Lipinski definition) is 0. The molecule has 2 atom stereocenters. The Balaban J connectivity index is 1.64. The molecule has 4 aliphatic carbocycles. The predicted molar refractivity (Wildman–Crippen MR) is 97.4 cm³/mol. The maximum atomic E-state index is 13.2. The molecule has 28 heavy (non-hydrogen) atoms. The lowest BCUT2D eigenvalue weighted by molar-refractivity contribution is -0.203. The minimum absolute atomic E-state index is 0.00943. The van der Waals surface area contributed by atoms with Crippen LogP contribution in [0.15, 0.2) is 24.5 Å². The Kier molecular flexibility index (Phi) is 5.32. The molecule has 4 fully saturated rings. The highest BCUT2D eigenvalue weighted by Gasteiger charge is 2.59. The van der Waals surface area contributed by atoms with Crippen LogP contribution in [-0.2, 0) is 23.8 Å². The third kappa shape index (κ3) is 4.39. The molecule has 7 heteroatoms. The lowest BCUT2D eigenvalue weighted by Gasteiger charge is -2.61. The van der Waals surface area contributed by atoms with Crippen LogP contribution in [0.3, 0.4) is 0 Å². The van der Waals surface area contributed by atoms with Crippen LogP contribution in [0.4, 0.5) is 8.78 Å². The number of carbonyl (C=O) groups is 2. The summed E-state index contributed by atoms with van der Waals surface area (Å²) in [6.45, 7) is 9.47. The average molecular weight is 398 g/mol. The molecule has 0 saturated heterocycles. The minimum Gasteiger partial charge on any atom is -0.489 e. The van der Waals surface area contributed by atoms with Crippen molar-refractivity contribution >= 4 is 11.9 Å². The molecular weight excluding hydrogens is 370 g/mol. The molecule has 4 rings (SSSR count). The molecule has 156 valence electrons. The van der Waals surface area contributed by atoms with E-state index in [9.17, 15) is 18.4 Å². The fraction of sp³-hybridized carbons (Fsp3) is 0.714. The molecule has 2 unspecified atom stereocenters. The minimum atomic E-state index is -3.49. The van der Waals surface area contributed by atoms with E-state index in [2.05, 4.69) is 13.2 Å². The highest BCUT2D eigenvalue weighted by atomic mass is 19.3. The summed E-state index contributed by atoms with van der Waals surface area (Å²) in [4.78, 5) is 23.1. The summed E-state index contributed by atoms with van der Waals surface area (Å²) in [5.74, 6) is -4.28. The largest absolute Gasteiger partial charge is 0.489 e. The van der Waals surface area contributed by atoms with Crippen molar-refractivity contribution in [3.8, 4) is 0 Å². The Hall–Kier alpha value is -1.92. The second kappa shape index (κ2) is 7.16. The van der Waals surface area contributed by atoms with Gasteiger partial charge in [-0.3, -0.25) is 0 Å². The number of halogens is 2. The quantitative estimate of drug-likeness (QED) is 0.349. The second-order valence-corrected chi connectivity index (χ2v) is 9.11. The Morgan fingerprint density at radius 2 is 1.71 bits per heavy atom. The van der Waals surface area contributed by atoms with Gasteiger partial charge < -0.3 is 14.2 Å². The van der Waals surface area contributed by atoms with Crippen LogP contribution in [0.2, 0.25) is 0 Å². The molecule has 5 nitrogen and oxygen atoms in total. The van der Waals surface area contributed by atoms with E-state index in [4.69, 9.17) is 14.2 Å². The smallest absolute Gasteiger partial charge is 0.376 e. The molecular formula is C21H28F2O5. The average Bonchev–Trinajstić information content (AvgIpc) is 2.54. The van der Waals surface area contributed by atoms with Crippen molar-refractivity contribution in [1.29, 1.82) is 0 Å². The van der Waals surface area contributed by atoms with Crippen molar-refractivity contribution in [2.75, 3.05) is 13.2 Å². The first-order chi connectivity index (χ1) is 12.9. The number of esters is 2. The van der Waals surface area contributed by atoms with Gasteiger partial charge in [0, 0.05) is 17.9 Å². The highest BCUT2D eigenvalue weighted by Crippen LogP contribution is 2.63. The topological polar surface area (TPSA) is 61.8 Å². The molecule has 0 spiro atoms. The number of ether oxygens (including phenoxy) is 3. The molecule has 4 saturated carbocycles. The highest BCUT2D eigenvalue weighted by molar-refractivity contribution is 5.87. The van der Waals surface area contributed by atoms with Gasteiger partial charge in [0.05, 0.1) is 6.61 Å². The molecule has 0 aromatic carbocycles. The molecule has 0 aromatic rings. The Morgan fingerprint density at radius 3 is 2.25 bits per heavy atom. The van der Waals surface area contributed by atoms with E-state index in [1.807, 2.05) is 0 Å². The van der Waals surface area contributed by atoms with Crippen LogP contribution >= 0.6 is 0 Å². The van der Waals surface area contributed by atoms with Crippen LogP contribution in [0.5, 0.6) is 0 Å². The molecule has 4 aliphatic rings. The summed E-state index contributed by atoms with van der Waals surface area (Å²) in [5.41, 5.74) is -0.492. The van der Waals surface area contributed by atoms with Gasteiger partial charge in [0.15, 0.2) is 0 Å². The van der Waals surface area contributed by atoms with Crippen LogP contribution < -0.4 is 0 Å². The maximum absolute atomic E-state index is 13.2. The van der Waals surface area contributed by atoms with E-state index in [1.54, 1.807) is 6.92 Å². The predicted octanol–water partition coefficient (Wildman–Crippen LogP) is 4.17. The summed E-state index contributed by atoms with van der Waals surface area (Å²) in [7, 11) is 0. The van der Waals surface area contributed by atoms with E-state index in [-0.39, 0.29) is 18.6 Å². The fourth-order valence-corrected chi connectivity index (χ4v) is 5.60. The third-order valence-corrected chi connectivity index (χ3v) is 6.07. The van der Waals surface area contributed by atoms with Crippen LogP contribution in [0.1, 0.15) is 52.4 Å². The molecule has 0 aromatic heterocycles. The van der Waals surface area contributed by atoms with Crippen molar-refractivity contribution in [3.63, 3.8) is 0 Å². The number of rotatable bonds is 8. The zero-order chi connectivity index (χ0) is 20.7. The van der Waals surface area contributed by atoms with Gasteiger partial charge in [-0.25, -0.2) is 9.59 Å². The third-order valence-electron chi connectivity index (χ3n) is 6.07. The van der Waals surface area contributed by atoms with E-state index >= 15 is 0 Å². The maximum Gasteiger partial charge on any atom is 0.376 e. The van der Waals surface area contributed by atoms with Gasteiger partial charge in [-0.15, -0.1) is 0 Å². The van der Waals surface area contributed by atoms with E-state index in [1.165, 1.54) is 0 Å². The fourth-order valence-electron chi connectivity index (χ4n) is 5.60. The van der Waals surface area contributed by atoms with Gasteiger partial charge in [0.1, 0.15) is 18.0 Å². The molecule has 0 amide bonds. The number of hydrogen-bond acceptors (Lipinski definition) is 5.